The Morgan fingerprint density at radius 1 is 1.00 bits per heavy atom. The monoisotopic (exact) mass is 172 g/mol. The minimum atomic E-state index is -0.530. The molecule has 0 aromatic carbocycles. The molecule has 3 unspecified atom stereocenters. The highest BCUT2D eigenvalue weighted by Gasteiger charge is 2.36. The molecule has 0 radical (unpaired) electrons. The van der Waals surface area contributed by atoms with Gasteiger partial charge in [0.2, 0.25) is 0 Å². The molecule has 0 saturated heterocycles. The first-order valence-electron chi connectivity index (χ1n) is 5.16. The second kappa shape index (κ2) is 3.76. The summed E-state index contributed by atoms with van der Waals surface area (Å²) >= 11 is 0. The van der Waals surface area contributed by atoms with Crippen molar-refractivity contribution >= 4 is 0 Å². The summed E-state index contributed by atoms with van der Waals surface area (Å²) in [5, 5.41) is 0. The number of hydrogen-bond acceptors (Lipinski definition) is 0. The van der Waals surface area contributed by atoms with Gasteiger partial charge in [0, 0.05) is 0 Å². The lowest BCUT2D eigenvalue weighted by Crippen LogP contribution is -2.14. The fraction of sp³-hybridized carbons (Fsp3) is 1.00. The molecule has 72 valence electrons. The highest BCUT2D eigenvalue weighted by atomic mass is 19.1. The van der Waals surface area contributed by atoms with Gasteiger partial charge in [0.15, 0.2) is 0 Å². The normalized spacial score (nSPS) is 36.8. The Morgan fingerprint density at radius 2 is 1.58 bits per heavy atom. The molecule has 12 heavy (non-hydrogen) atoms. The molecule has 0 aromatic heterocycles. The van der Waals surface area contributed by atoms with Crippen LogP contribution >= 0.6 is 0 Å². The summed E-state index contributed by atoms with van der Waals surface area (Å²) in [4.78, 5) is 0. The zero-order valence-corrected chi connectivity index (χ0v) is 8.68. The van der Waals surface area contributed by atoms with Crippen LogP contribution in [0.5, 0.6) is 0 Å². The summed E-state index contributed by atoms with van der Waals surface area (Å²) in [6, 6.07) is 0. The Hall–Kier alpha value is -0.0700. The van der Waals surface area contributed by atoms with Gasteiger partial charge in [-0.2, -0.15) is 0 Å². The molecule has 1 saturated carbocycles. The van der Waals surface area contributed by atoms with Crippen molar-refractivity contribution in [3.63, 3.8) is 0 Å². The van der Waals surface area contributed by atoms with Crippen molar-refractivity contribution in [2.24, 2.45) is 23.7 Å². The molecule has 0 heterocycles. The Morgan fingerprint density at radius 3 is 1.83 bits per heavy atom. The molecule has 3 atom stereocenters. The fourth-order valence-electron chi connectivity index (χ4n) is 2.29. The second-order valence-corrected chi connectivity index (χ2v) is 4.90. The first kappa shape index (κ1) is 10.0. The molecule has 1 fully saturated rings. The van der Waals surface area contributed by atoms with Gasteiger partial charge in [-0.25, -0.2) is 4.39 Å². The molecule has 0 aromatic rings. The van der Waals surface area contributed by atoms with Gasteiger partial charge >= 0.3 is 0 Å². The van der Waals surface area contributed by atoms with E-state index in [1.807, 2.05) is 0 Å². The van der Waals surface area contributed by atoms with Crippen molar-refractivity contribution in [3.8, 4) is 0 Å². The van der Waals surface area contributed by atoms with E-state index in [2.05, 4.69) is 27.7 Å². The number of alkyl halides is 1. The molecule has 0 amide bonds. The predicted molar refractivity (Wildman–Crippen MR) is 50.8 cm³/mol. The van der Waals surface area contributed by atoms with Gasteiger partial charge in [0.25, 0.3) is 0 Å². The van der Waals surface area contributed by atoms with E-state index in [4.69, 9.17) is 0 Å². The maximum absolute atomic E-state index is 13.4. The molecule has 0 nitrogen and oxygen atoms in total. The van der Waals surface area contributed by atoms with Crippen LogP contribution in [0.3, 0.4) is 0 Å². The van der Waals surface area contributed by atoms with Gasteiger partial charge in [0.1, 0.15) is 6.17 Å². The zero-order chi connectivity index (χ0) is 9.30. The largest absolute Gasteiger partial charge is 0.247 e. The number of rotatable bonds is 2. The predicted octanol–water partition coefficient (Wildman–Crippen LogP) is 3.66. The quantitative estimate of drug-likeness (QED) is 0.596. The van der Waals surface area contributed by atoms with Crippen molar-refractivity contribution in [2.45, 2.75) is 46.7 Å². The van der Waals surface area contributed by atoms with E-state index in [-0.39, 0.29) is 0 Å². The van der Waals surface area contributed by atoms with Crippen molar-refractivity contribution in [1.82, 2.24) is 0 Å². The van der Waals surface area contributed by atoms with Crippen LogP contribution in [0.1, 0.15) is 40.5 Å². The maximum Gasteiger partial charge on any atom is 0.103 e. The lowest BCUT2D eigenvalue weighted by Gasteiger charge is -2.17. The summed E-state index contributed by atoms with van der Waals surface area (Å²) in [6.07, 6.45) is 1.38. The van der Waals surface area contributed by atoms with Crippen LogP contribution in [-0.2, 0) is 0 Å². The van der Waals surface area contributed by atoms with Crippen LogP contribution in [0.25, 0.3) is 0 Å². The van der Waals surface area contributed by atoms with Crippen molar-refractivity contribution < 1.29 is 4.39 Å². The van der Waals surface area contributed by atoms with Gasteiger partial charge in [0.05, 0.1) is 0 Å². The van der Waals surface area contributed by atoms with Crippen LogP contribution in [-0.4, -0.2) is 6.17 Å². The van der Waals surface area contributed by atoms with Crippen LogP contribution in [0, 0.1) is 23.7 Å². The molecule has 0 N–H and O–H groups in total. The SMILES string of the molecule is CC(C)C1CC(F)C(C(C)C)C1. The third kappa shape index (κ3) is 1.99. The topological polar surface area (TPSA) is 0 Å². The van der Waals surface area contributed by atoms with Gasteiger partial charge in [-0.3, -0.25) is 0 Å². The van der Waals surface area contributed by atoms with Crippen molar-refractivity contribution in [1.29, 1.82) is 0 Å². The summed E-state index contributed by atoms with van der Waals surface area (Å²) in [5.74, 6) is 2.14. The summed E-state index contributed by atoms with van der Waals surface area (Å²) in [6.45, 7) is 8.69. The first-order valence-corrected chi connectivity index (χ1v) is 5.16. The highest BCUT2D eigenvalue weighted by Crippen LogP contribution is 2.41. The van der Waals surface area contributed by atoms with Crippen molar-refractivity contribution in [2.75, 3.05) is 0 Å². The van der Waals surface area contributed by atoms with Crippen LogP contribution in [0.2, 0.25) is 0 Å². The third-order valence-corrected chi connectivity index (χ3v) is 3.37. The lowest BCUT2D eigenvalue weighted by molar-refractivity contribution is 0.215. The molecule has 1 aliphatic rings. The fourth-order valence-corrected chi connectivity index (χ4v) is 2.29. The smallest absolute Gasteiger partial charge is 0.103 e. The molecule has 1 heteroatoms. The summed E-state index contributed by atoms with van der Waals surface area (Å²) in [7, 11) is 0. The molecule has 1 rings (SSSR count). The van der Waals surface area contributed by atoms with Gasteiger partial charge in [-0.15, -0.1) is 0 Å². The maximum atomic E-state index is 13.4. The van der Waals surface area contributed by atoms with E-state index in [0.717, 1.165) is 12.8 Å². The summed E-state index contributed by atoms with van der Waals surface area (Å²) < 4.78 is 13.4. The molecule has 1 aliphatic carbocycles. The Labute approximate surface area is 75.5 Å². The van der Waals surface area contributed by atoms with Crippen LogP contribution in [0.4, 0.5) is 4.39 Å². The number of hydrogen-bond donors (Lipinski definition) is 0. The molecular formula is C11H21F. The van der Waals surface area contributed by atoms with Crippen LogP contribution in [0.15, 0.2) is 0 Å². The van der Waals surface area contributed by atoms with E-state index in [1.165, 1.54) is 0 Å². The van der Waals surface area contributed by atoms with E-state index >= 15 is 0 Å². The minimum absolute atomic E-state index is 0.331. The minimum Gasteiger partial charge on any atom is -0.247 e. The Balaban J connectivity index is 2.50. The first-order chi connectivity index (χ1) is 5.52. The molecule has 0 bridgehead atoms. The Kier molecular flexibility index (Phi) is 3.14. The van der Waals surface area contributed by atoms with Gasteiger partial charge in [-0.05, 0) is 36.5 Å². The van der Waals surface area contributed by atoms with E-state index in [0.29, 0.717) is 23.7 Å². The zero-order valence-electron chi connectivity index (χ0n) is 8.68. The second-order valence-electron chi connectivity index (χ2n) is 4.90. The Bertz CT molecular complexity index is 140. The van der Waals surface area contributed by atoms with Gasteiger partial charge in [-0.1, -0.05) is 27.7 Å². The number of halogens is 1. The third-order valence-electron chi connectivity index (χ3n) is 3.37. The molecular weight excluding hydrogens is 151 g/mol. The van der Waals surface area contributed by atoms with Gasteiger partial charge < -0.3 is 0 Å². The summed E-state index contributed by atoms with van der Waals surface area (Å²) in [5.41, 5.74) is 0. The van der Waals surface area contributed by atoms with E-state index in [9.17, 15) is 4.39 Å². The molecule has 0 spiro atoms. The van der Waals surface area contributed by atoms with Crippen LogP contribution < -0.4 is 0 Å². The van der Waals surface area contributed by atoms with Crippen molar-refractivity contribution in [3.05, 3.63) is 0 Å². The lowest BCUT2D eigenvalue weighted by atomic mass is 9.89. The highest BCUT2D eigenvalue weighted by molar-refractivity contribution is 4.86. The average molecular weight is 172 g/mol. The standard InChI is InChI=1S/C11H21F/c1-7(2)9-5-10(8(3)4)11(12)6-9/h7-11H,5-6H2,1-4H3. The van der Waals surface area contributed by atoms with E-state index in [1.54, 1.807) is 0 Å². The van der Waals surface area contributed by atoms with E-state index < -0.39 is 6.17 Å². The molecule has 0 aliphatic heterocycles. The average Bonchev–Trinajstić information content (AvgIpc) is 2.30.